The van der Waals surface area contributed by atoms with Crippen molar-refractivity contribution in [2.45, 2.75) is 45.6 Å². The highest BCUT2D eigenvalue weighted by Gasteiger charge is 2.17. The fourth-order valence-electron chi connectivity index (χ4n) is 2.43. The quantitative estimate of drug-likeness (QED) is 0.693. The van der Waals surface area contributed by atoms with E-state index in [1.165, 1.54) is 0 Å². The summed E-state index contributed by atoms with van der Waals surface area (Å²) in [4.78, 5) is 24.1. The number of hydrogen-bond donors (Lipinski definition) is 2. The highest BCUT2D eigenvalue weighted by Crippen LogP contribution is 2.06. The largest absolute Gasteiger partial charge is 0.469 e. The first-order chi connectivity index (χ1) is 12.0. The second-order valence-electron chi connectivity index (χ2n) is 6.38. The van der Waals surface area contributed by atoms with Crippen LogP contribution in [0.3, 0.4) is 0 Å². The van der Waals surface area contributed by atoms with E-state index >= 15 is 0 Å². The van der Waals surface area contributed by atoms with Crippen molar-refractivity contribution in [3.8, 4) is 0 Å². The van der Waals surface area contributed by atoms with Crippen molar-refractivity contribution in [2.75, 3.05) is 6.54 Å². The number of rotatable bonds is 10. The molecule has 136 valence electrons. The lowest BCUT2D eigenvalue weighted by atomic mass is 10.0. The fourth-order valence-corrected chi connectivity index (χ4v) is 2.43. The van der Waals surface area contributed by atoms with Gasteiger partial charge in [-0.3, -0.25) is 9.59 Å². The van der Waals surface area contributed by atoms with Gasteiger partial charge in [0.25, 0.3) is 0 Å². The van der Waals surface area contributed by atoms with E-state index < -0.39 is 0 Å². The first-order valence-electron chi connectivity index (χ1n) is 8.65. The Morgan fingerprint density at radius 1 is 0.960 bits per heavy atom. The molecule has 0 aromatic carbocycles. The minimum atomic E-state index is -0.100. The van der Waals surface area contributed by atoms with Crippen LogP contribution in [0.15, 0.2) is 45.6 Å². The van der Waals surface area contributed by atoms with Crippen LogP contribution >= 0.6 is 0 Å². The van der Waals surface area contributed by atoms with Gasteiger partial charge in [-0.1, -0.05) is 13.8 Å². The van der Waals surface area contributed by atoms with Crippen LogP contribution in [0, 0.1) is 5.92 Å². The summed E-state index contributed by atoms with van der Waals surface area (Å²) in [5.41, 5.74) is 0. The number of furan rings is 2. The van der Waals surface area contributed by atoms with Gasteiger partial charge in [-0.05, 0) is 30.2 Å². The van der Waals surface area contributed by atoms with E-state index in [2.05, 4.69) is 10.6 Å². The van der Waals surface area contributed by atoms with Crippen LogP contribution in [0.2, 0.25) is 0 Å². The van der Waals surface area contributed by atoms with Crippen LogP contribution in [0.4, 0.5) is 0 Å². The Morgan fingerprint density at radius 3 is 2.00 bits per heavy atom. The van der Waals surface area contributed by atoms with Gasteiger partial charge in [0.1, 0.15) is 11.5 Å². The number of carbonyl (C=O) groups is 2. The summed E-state index contributed by atoms with van der Waals surface area (Å²) in [6.07, 6.45) is 5.07. The maximum atomic E-state index is 12.1. The van der Waals surface area contributed by atoms with Crippen LogP contribution in [-0.4, -0.2) is 24.4 Å². The summed E-state index contributed by atoms with van der Waals surface area (Å²) in [5.74, 6) is 1.72. The number of aryl methyl sites for hydroxylation is 2. The molecule has 2 N–H and O–H groups in total. The predicted octanol–water partition coefficient (Wildman–Crippen LogP) is 2.70. The van der Waals surface area contributed by atoms with Gasteiger partial charge >= 0.3 is 0 Å². The minimum absolute atomic E-state index is 0.0417. The highest BCUT2D eigenvalue weighted by atomic mass is 16.3. The second kappa shape index (κ2) is 9.71. The molecule has 0 aliphatic rings. The van der Waals surface area contributed by atoms with E-state index in [1.807, 2.05) is 32.0 Å². The van der Waals surface area contributed by atoms with Gasteiger partial charge in [-0.25, -0.2) is 0 Å². The minimum Gasteiger partial charge on any atom is -0.469 e. The molecule has 0 bridgehead atoms. The molecular weight excluding hydrogens is 320 g/mol. The van der Waals surface area contributed by atoms with Crippen LogP contribution in [0.25, 0.3) is 0 Å². The average Bonchev–Trinajstić information content (AvgIpc) is 3.28. The maximum absolute atomic E-state index is 12.1. The van der Waals surface area contributed by atoms with Gasteiger partial charge in [0.2, 0.25) is 11.8 Å². The summed E-state index contributed by atoms with van der Waals surface area (Å²) in [6, 6.07) is 7.22. The molecule has 0 aliphatic carbocycles. The highest BCUT2D eigenvalue weighted by molar-refractivity contribution is 5.77. The van der Waals surface area contributed by atoms with E-state index in [-0.39, 0.29) is 23.8 Å². The molecule has 2 rings (SSSR count). The smallest absolute Gasteiger partial charge is 0.220 e. The van der Waals surface area contributed by atoms with E-state index in [0.29, 0.717) is 32.2 Å². The van der Waals surface area contributed by atoms with E-state index in [0.717, 1.165) is 11.5 Å². The van der Waals surface area contributed by atoms with Crippen molar-refractivity contribution in [1.82, 2.24) is 10.6 Å². The average molecular weight is 346 g/mol. The number of nitrogens with one attached hydrogen (secondary N) is 2. The third-order valence-electron chi connectivity index (χ3n) is 4.03. The van der Waals surface area contributed by atoms with E-state index in [9.17, 15) is 9.59 Å². The number of hydrogen-bond acceptors (Lipinski definition) is 4. The topological polar surface area (TPSA) is 84.5 Å². The Kier molecular flexibility index (Phi) is 7.32. The van der Waals surface area contributed by atoms with Crippen molar-refractivity contribution in [3.05, 3.63) is 48.3 Å². The molecule has 0 saturated carbocycles. The van der Waals surface area contributed by atoms with Crippen LogP contribution in [-0.2, 0) is 22.4 Å². The summed E-state index contributed by atoms with van der Waals surface area (Å²) < 4.78 is 10.4. The fraction of sp³-hybridized carbons (Fsp3) is 0.474. The molecule has 0 radical (unpaired) electrons. The van der Waals surface area contributed by atoms with Gasteiger partial charge in [-0.15, -0.1) is 0 Å². The van der Waals surface area contributed by atoms with Gasteiger partial charge in [0.15, 0.2) is 0 Å². The first-order valence-corrected chi connectivity index (χ1v) is 8.65. The normalized spacial score (nSPS) is 12.1. The molecule has 2 heterocycles. The number of amides is 2. The molecule has 2 aromatic rings. The molecule has 1 atom stereocenters. The van der Waals surface area contributed by atoms with Crippen molar-refractivity contribution >= 4 is 11.8 Å². The molecule has 0 aliphatic heterocycles. The molecule has 0 fully saturated rings. The molecule has 2 amide bonds. The summed E-state index contributed by atoms with van der Waals surface area (Å²) in [5, 5.41) is 5.88. The second-order valence-corrected chi connectivity index (χ2v) is 6.38. The molecule has 0 spiro atoms. The zero-order chi connectivity index (χ0) is 18.1. The van der Waals surface area contributed by atoms with E-state index in [1.54, 1.807) is 18.6 Å². The zero-order valence-electron chi connectivity index (χ0n) is 14.8. The monoisotopic (exact) mass is 346 g/mol. The van der Waals surface area contributed by atoms with Gasteiger partial charge < -0.3 is 19.5 Å². The summed E-state index contributed by atoms with van der Waals surface area (Å²) in [6.45, 7) is 4.46. The SMILES string of the molecule is CC(C)[C@H](CNC(=O)CCc1ccco1)NC(=O)CCc1ccco1. The molecule has 0 saturated heterocycles. The zero-order valence-corrected chi connectivity index (χ0v) is 14.8. The Bertz CT molecular complexity index is 632. The van der Waals surface area contributed by atoms with Crippen LogP contribution in [0.1, 0.15) is 38.2 Å². The molecule has 6 heteroatoms. The number of carbonyl (C=O) groups excluding carboxylic acids is 2. The van der Waals surface area contributed by atoms with Crippen molar-refractivity contribution in [2.24, 2.45) is 5.92 Å². The lowest BCUT2D eigenvalue weighted by Crippen LogP contribution is -2.46. The third-order valence-corrected chi connectivity index (χ3v) is 4.03. The predicted molar refractivity (Wildman–Crippen MR) is 93.8 cm³/mol. The van der Waals surface area contributed by atoms with Crippen LogP contribution in [0.5, 0.6) is 0 Å². The Labute approximate surface area is 148 Å². The standard InChI is InChI=1S/C19H26N2O4/c1-14(2)17(21-19(23)10-8-16-6-4-12-25-16)13-20-18(22)9-7-15-5-3-11-24-15/h3-6,11-12,14,17H,7-10,13H2,1-2H3,(H,20,22)(H,21,23)/t17-/m0/s1. The molecule has 6 nitrogen and oxygen atoms in total. The van der Waals surface area contributed by atoms with E-state index in [4.69, 9.17) is 8.83 Å². The molecular formula is C19H26N2O4. The Balaban J connectivity index is 1.70. The molecule has 0 unspecified atom stereocenters. The van der Waals surface area contributed by atoms with Gasteiger partial charge in [0.05, 0.1) is 12.5 Å². The Morgan fingerprint density at radius 2 is 1.52 bits per heavy atom. The van der Waals surface area contributed by atoms with Gasteiger partial charge in [-0.2, -0.15) is 0 Å². The Hall–Kier alpha value is -2.50. The summed E-state index contributed by atoms with van der Waals surface area (Å²) in [7, 11) is 0. The lowest BCUT2D eigenvalue weighted by Gasteiger charge is -2.23. The lowest BCUT2D eigenvalue weighted by molar-refractivity contribution is -0.124. The van der Waals surface area contributed by atoms with Crippen molar-refractivity contribution in [3.63, 3.8) is 0 Å². The van der Waals surface area contributed by atoms with Crippen molar-refractivity contribution in [1.29, 1.82) is 0 Å². The van der Waals surface area contributed by atoms with Crippen molar-refractivity contribution < 1.29 is 18.4 Å². The maximum Gasteiger partial charge on any atom is 0.220 e. The molecule has 25 heavy (non-hydrogen) atoms. The molecule has 2 aromatic heterocycles. The van der Waals surface area contributed by atoms with Crippen LogP contribution < -0.4 is 10.6 Å². The first kappa shape index (κ1) is 18.8. The summed E-state index contributed by atoms with van der Waals surface area (Å²) >= 11 is 0. The van der Waals surface area contributed by atoms with Gasteiger partial charge in [0, 0.05) is 38.3 Å². The third kappa shape index (κ3) is 6.87.